The van der Waals surface area contributed by atoms with Crippen molar-refractivity contribution in [2.75, 3.05) is 245 Å². The molecule has 0 aromatic heterocycles. The molecule has 29 heteroatoms. The molecule has 718 valence electrons. The predicted molar refractivity (Wildman–Crippen MR) is 514 cm³/mol. The third kappa shape index (κ3) is 43.4. The minimum absolute atomic E-state index is 0.0446. The molecule has 8 rings (SSSR count). The lowest BCUT2D eigenvalue weighted by molar-refractivity contribution is -0.132. The van der Waals surface area contributed by atoms with Gasteiger partial charge in [0.15, 0.2) is 5.83 Å². The molecule has 8 amide bonds. The van der Waals surface area contributed by atoms with Gasteiger partial charge in [0, 0.05) is 287 Å². The van der Waals surface area contributed by atoms with Gasteiger partial charge in [0.25, 0.3) is 5.91 Å². The van der Waals surface area contributed by atoms with Gasteiger partial charge in [0.2, 0.25) is 41.4 Å². The number of likely N-dealkylation sites (N-methyl/N-ethyl adjacent to an activating group) is 3. The first kappa shape index (κ1) is 116. The van der Waals surface area contributed by atoms with E-state index in [1.54, 1.807) is 22.0 Å². The molecule has 0 spiro atoms. The van der Waals surface area contributed by atoms with Crippen LogP contribution in [0.25, 0.3) is 0 Å². The first-order chi connectivity index (χ1) is 58.7. The van der Waals surface area contributed by atoms with Gasteiger partial charge in [-0.3, -0.25) is 77.6 Å². The van der Waals surface area contributed by atoms with Gasteiger partial charge in [-0.1, -0.05) is 52.0 Å². The van der Waals surface area contributed by atoms with Gasteiger partial charge >= 0.3 is 0 Å². The molecule has 8 aliphatic rings. The molecule has 5 unspecified atom stereocenters. The van der Waals surface area contributed by atoms with Crippen molar-refractivity contribution in [1.82, 2.24) is 93.1 Å². The molecule has 8 fully saturated rings. The zero-order valence-electron chi connectivity index (χ0n) is 83.5. The Balaban J connectivity index is 0.000000716. The number of aliphatic hydroxyl groups excluding tert-OH is 1. The summed E-state index contributed by atoms with van der Waals surface area (Å²) in [5, 5.41) is 9.28. The van der Waals surface area contributed by atoms with Crippen LogP contribution in [0.15, 0.2) is 99.0 Å². The van der Waals surface area contributed by atoms with Crippen LogP contribution >= 0.6 is 0 Å². The normalized spacial score (nSPS) is 21.5. The lowest BCUT2D eigenvalue weighted by Gasteiger charge is -2.45. The first-order valence-corrected chi connectivity index (χ1v) is 46.4. The molecule has 28 nitrogen and oxygen atoms in total. The summed E-state index contributed by atoms with van der Waals surface area (Å²) in [5.74, 6) is -0.552. The van der Waals surface area contributed by atoms with E-state index in [4.69, 9.17) is 0 Å². The second kappa shape index (κ2) is 61.6. The third-order valence-corrected chi connectivity index (χ3v) is 24.1. The van der Waals surface area contributed by atoms with Crippen LogP contribution < -0.4 is 0 Å². The Labute approximate surface area is 759 Å². The number of piperazine rings is 8. The molecule has 0 saturated carbocycles. The van der Waals surface area contributed by atoms with Crippen LogP contribution in [-0.2, 0) is 38.4 Å². The zero-order valence-corrected chi connectivity index (χ0v) is 83.5. The number of carbonyl (C=O) groups excluding carboxylic acids is 8. The largest absolute Gasteiger partial charge is 0.395 e. The summed E-state index contributed by atoms with van der Waals surface area (Å²) in [6, 6.07) is 5.98. The minimum atomic E-state index is -0.637. The van der Waals surface area contributed by atoms with E-state index >= 15 is 0 Å². The lowest BCUT2D eigenvalue weighted by Crippen LogP contribution is -2.59. The highest BCUT2D eigenvalue weighted by molar-refractivity contribution is 5.93. The van der Waals surface area contributed by atoms with Gasteiger partial charge in [-0.05, 0) is 218 Å². The molecule has 5 atom stereocenters. The topological polar surface area (TPSA) is 218 Å². The van der Waals surface area contributed by atoms with Crippen molar-refractivity contribution in [3.63, 3.8) is 0 Å². The Kier molecular flexibility index (Phi) is 57.2. The second-order valence-corrected chi connectivity index (χ2v) is 37.0. The Morgan fingerprint density at radius 1 is 0.344 bits per heavy atom. The molecule has 0 aromatic rings. The average molecular weight is 1760 g/mol. The average Bonchev–Trinajstić information content (AvgIpc) is 0.811. The van der Waals surface area contributed by atoms with Crippen molar-refractivity contribution in [2.24, 2.45) is 0 Å². The Hall–Kier alpha value is -6.87. The van der Waals surface area contributed by atoms with Crippen molar-refractivity contribution < 1.29 is 47.9 Å². The summed E-state index contributed by atoms with van der Waals surface area (Å²) in [4.78, 5) is 133. The number of halogens is 1. The molecule has 125 heavy (non-hydrogen) atoms. The van der Waals surface area contributed by atoms with E-state index in [0.29, 0.717) is 92.6 Å². The molecule has 0 aliphatic carbocycles. The summed E-state index contributed by atoms with van der Waals surface area (Å²) < 4.78 is 13.6. The molecule has 8 saturated heterocycles. The molecular formula is C96H178FN19O9. The molecular weight excluding hydrogens is 1580 g/mol. The number of nitrogens with zero attached hydrogens (tertiary/aromatic N) is 19. The summed E-state index contributed by atoms with van der Waals surface area (Å²) >= 11 is 0. The van der Waals surface area contributed by atoms with Gasteiger partial charge in [0.1, 0.15) is 0 Å². The van der Waals surface area contributed by atoms with Crippen LogP contribution in [0.3, 0.4) is 0 Å². The number of amides is 8. The van der Waals surface area contributed by atoms with Crippen molar-refractivity contribution in [2.45, 2.75) is 230 Å². The quantitative estimate of drug-likeness (QED) is 0.0921. The van der Waals surface area contributed by atoms with Gasteiger partial charge in [-0.2, -0.15) is 0 Å². The van der Waals surface area contributed by atoms with E-state index in [2.05, 4.69) is 211 Å². The van der Waals surface area contributed by atoms with Gasteiger partial charge in [-0.25, -0.2) is 4.39 Å². The van der Waals surface area contributed by atoms with Gasteiger partial charge < -0.3 is 59.0 Å². The lowest BCUT2D eigenvalue weighted by atomic mass is 10.1. The van der Waals surface area contributed by atoms with E-state index in [0.717, 1.165) is 182 Å². The number of hydrogen-bond donors (Lipinski definition) is 1. The Morgan fingerprint density at radius 2 is 0.632 bits per heavy atom. The van der Waals surface area contributed by atoms with Crippen LogP contribution in [-0.4, -0.2) is 469 Å². The minimum Gasteiger partial charge on any atom is -0.395 e. The van der Waals surface area contributed by atoms with Crippen LogP contribution in [0.2, 0.25) is 0 Å². The first-order valence-electron chi connectivity index (χ1n) is 46.4. The highest BCUT2D eigenvalue weighted by Crippen LogP contribution is 2.21. The maximum atomic E-state index is 13.6. The van der Waals surface area contributed by atoms with Crippen molar-refractivity contribution in [3.8, 4) is 0 Å². The number of aliphatic hydroxyl groups is 1. The summed E-state index contributed by atoms with van der Waals surface area (Å²) in [6.07, 6.45) is 14.9. The van der Waals surface area contributed by atoms with Gasteiger partial charge in [0.05, 0.1) is 12.6 Å². The second-order valence-electron chi connectivity index (χ2n) is 37.0. The van der Waals surface area contributed by atoms with Crippen molar-refractivity contribution >= 4 is 47.3 Å². The zero-order chi connectivity index (χ0) is 95.2. The number of hydrogen-bond acceptors (Lipinski definition) is 20. The number of carbonyl (C=O) groups is 8. The fourth-order valence-electron chi connectivity index (χ4n) is 16.1. The van der Waals surface area contributed by atoms with Crippen LogP contribution in [0.1, 0.15) is 152 Å². The molecule has 1 N–H and O–H groups in total. The molecule has 0 radical (unpaired) electrons. The van der Waals surface area contributed by atoms with Crippen LogP contribution in [0.5, 0.6) is 0 Å². The monoisotopic (exact) mass is 1760 g/mol. The molecule has 8 aliphatic heterocycles. The Morgan fingerprint density at radius 3 is 0.944 bits per heavy atom. The summed E-state index contributed by atoms with van der Waals surface area (Å²) in [7, 11) is 11.7. The SMILES string of the molecule is C=C(CC)C(=O)N1CCN(C(C)C)CC1.C=CC(=O)N1CC(C)N(C(C)C)CC1C.C=CC(=O)N1CCN(C(C)C)C(C)C1.C=CC(=O)N1CCN(C(C)C)C(CO)C1.C=CC(=O)N1CCN(C(C)C)CC1.CC(C)N1CCN(C(=O)/C(F)=C/CN(C)C)CC1.CC(C)N1CCN(C(=O)/C=C/CN(C)C)CC1.CC(C)N1CCN(C(=O)/C=C/CN(C)C)CC1C. The van der Waals surface area contributed by atoms with E-state index < -0.39 is 11.7 Å². The van der Waals surface area contributed by atoms with Crippen molar-refractivity contribution in [1.29, 1.82) is 0 Å². The van der Waals surface area contributed by atoms with E-state index in [1.807, 2.05) is 105 Å². The highest BCUT2D eigenvalue weighted by Gasteiger charge is 2.35. The smallest absolute Gasteiger partial charge is 0.282 e. The van der Waals surface area contributed by atoms with E-state index in [1.165, 1.54) is 30.4 Å². The fourth-order valence-corrected chi connectivity index (χ4v) is 16.1. The maximum Gasteiger partial charge on any atom is 0.282 e. The maximum absolute atomic E-state index is 13.6. The molecule has 0 aromatic carbocycles. The van der Waals surface area contributed by atoms with Crippen LogP contribution in [0.4, 0.5) is 4.39 Å². The van der Waals surface area contributed by atoms with Gasteiger partial charge in [-0.15, -0.1) is 0 Å². The standard InChI is InChI=1S/C14H27N3O.C13H24FN3O.C13H25N3O.2C12H22N2O.C11H20N2O2.C11H20N2O.C10H18N2O/c1-12(2)17-10-9-16(11-13(17)3)14(18)7-6-8-15(4)5;1-11(2)16-7-9-17(10-8-16)13(18)12(14)5-6-15(3)4;1-12(2)15-8-10-16(11-9-15)13(17)6-5-7-14(3)4;1-6-12(15)14-8-10(4)13(9(2)3)7-11(14)5;1-5-11(4)12(15)14-8-6-13(7-9-14)10(2)3;1-4-11(15)12-5-6-13(9(2)3)10(7-12)8-14;1-5-11(14)12-6-7-13(9(2)3)10(4)8-12;1-4-10(13)12-7-5-11(6-8-12)9(2)3/h6-7,12-13H,8-11H2,1-5H3;5,11H,6-10H2,1-4H3;5-6,12H,7-11H2,1-4H3;6,9-11H,1,7-8H2,2-5H3;10H,4-9H2,1-3H3;4,9-10,14H,1,5-8H2,2-3H3;5,9-10H,1,6-8H2,2-4H3;4,9H,1,5-8H2,2-3H3/b7-6+;12-5-;6-5+;;;;;. The predicted octanol–water partition coefficient (Wildman–Crippen LogP) is 7.59. The molecule has 0 bridgehead atoms. The van der Waals surface area contributed by atoms with Crippen molar-refractivity contribution in [3.05, 3.63) is 99.0 Å². The third-order valence-electron chi connectivity index (χ3n) is 24.1. The van der Waals surface area contributed by atoms with E-state index in [9.17, 15) is 47.9 Å². The van der Waals surface area contributed by atoms with Crippen LogP contribution in [0, 0.1) is 0 Å². The summed E-state index contributed by atoms with van der Waals surface area (Å²) in [6.45, 7) is 88.5. The number of rotatable bonds is 24. The molecule has 8 heterocycles. The van der Waals surface area contributed by atoms with E-state index in [-0.39, 0.29) is 60.0 Å². The highest BCUT2D eigenvalue weighted by atomic mass is 19.1. The summed E-state index contributed by atoms with van der Waals surface area (Å²) in [5.41, 5.74) is 0.730. The Bertz CT molecular complexity index is 3290. The fraction of sp³-hybridized carbons (Fsp3) is 0.750.